The van der Waals surface area contributed by atoms with Crippen molar-refractivity contribution in [3.63, 3.8) is 0 Å². The van der Waals surface area contributed by atoms with Gasteiger partial charge in [0.25, 0.3) is 0 Å². The van der Waals surface area contributed by atoms with Crippen LogP contribution < -0.4 is 5.73 Å². The van der Waals surface area contributed by atoms with E-state index < -0.39 is 0 Å². The molecule has 1 aromatic heterocycles. The largest absolute Gasteiger partial charge is 0.330 e. The Hall–Kier alpha value is -0.680. The van der Waals surface area contributed by atoms with Crippen LogP contribution in [-0.4, -0.2) is 22.1 Å². The first-order chi connectivity index (χ1) is 7.47. The van der Waals surface area contributed by atoms with Crippen LogP contribution in [0.3, 0.4) is 0 Å². The number of Topliss-reactive ketones (excluding diaryl/α,β-unsaturated/α-hetero) is 1. The standard InChI is InChI=1S/C11H18BrN3O/c1-7(2)4-8(5-13)11(16)10-9(12)6-14-15(10)3/h6-8H,4-5,13H2,1-3H3. The minimum absolute atomic E-state index is 0.0723. The van der Waals surface area contributed by atoms with Crippen molar-refractivity contribution in [3.05, 3.63) is 16.4 Å². The van der Waals surface area contributed by atoms with Gasteiger partial charge in [0, 0.05) is 19.5 Å². The number of carbonyl (C=O) groups is 1. The molecule has 0 aliphatic heterocycles. The predicted molar refractivity (Wildman–Crippen MR) is 67.2 cm³/mol. The van der Waals surface area contributed by atoms with Gasteiger partial charge in [0.1, 0.15) is 5.69 Å². The third-order valence-corrected chi connectivity index (χ3v) is 3.12. The summed E-state index contributed by atoms with van der Waals surface area (Å²) in [5, 5.41) is 4.04. The third-order valence-electron chi connectivity index (χ3n) is 2.54. The molecule has 0 bridgehead atoms. The molecule has 1 aromatic rings. The van der Waals surface area contributed by atoms with Crippen LogP contribution in [-0.2, 0) is 7.05 Å². The highest BCUT2D eigenvalue weighted by Gasteiger charge is 2.24. The molecule has 90 valence electrons. The highest BCUT2D eigenvalue weighted by molar-refractivity contribution is 9.10. The summed E-state index contributed by atoms with van der Waals surface area (Å²) in [6.45, 7) is 4.57. The summed E-state index contributed by atoms with van der Waals surface area (Å²) >= 11 is 3.34. The summed E-state index contributed by atoms with van der Waals surface area (Å²) in [5.41, 5.74) is 6.27. The Morgan fingerprint density at radius 2 is 2.25 bits per heavy atom. The molecule has 0 aliphatic carbocycles. The first-order valence-corrected chi connectivity index (χ1v) is 6.18. The summed E-state index contributed by atoms with van der Waals surface area (Å²) in [7, 11) is 1.76. The molecule has 16 heavy (non-hydrogen) atoms. The van der Waals surface area contributed by atoms with E-state index in [0.29, 0.717) is 18.2 Å². The summed E-state index contributed by atoms with van der Waals surface area (Å²) in [6, 6.07) is 0. The maximum absolute atomic E-state index is 12.2. The lowest BCUT2D eigenvalue weighted by Crippen LogP contribution is -2.27. The van der Waals surface area contributed by atoms with Crippen LogP contribution in [0.15, 0.2) is 10.7 Å². The molecule has 0 aromatic carbocycles. The highest BCUT2D eigenvalue weighted by atomic mass is 79.9. The molecule has 4 nitrogen and oxygen atoms in total. The van der Waals surface area contributed by atoms with Crippen LogP contribution in [0.4, 0.5) is 0 Å². The summed E-state index contributed by atoms with van der Waals surface area (Å²) in [6.07, 6.45) is 2.45. The molecular formula is C11H18BrN3O. The van der Waals surface area contributed by atoms with E-state index in [-0.39, 0.29) is 11.7 Å². The van der Waals surface area contributed by atoms with Crippen molar-refractivity contribution in [1.82, 2.24) is 9.78 Å². The van der Waals surface area contributed by atoms with E-state index in [2.05, 4.69) is 34.9 Å². The Morgan fingerprint density at radius 3 is 2.62 bits per heavy atom. The average molecular weight is 288 g/mol. The van der Waals surface area contributed by atoms with E-state index in [1.807, 2.05) is 0 Å². The molecule has 1 heterocycles. The lowest BCUT2D eigenvalue weighted by Gasteiger charge is -2.16. The molecule has 0 aliphatic rings. The van der Waals surface area contributed by atoms with Gasteiger partial charge in [-0.3, -0.25) is 9.48 Å². The minimum Gasteiger partial charge on any atom is -0.330 e. The molecule has 1 atom stereocenters. The number of rotatable bonds is 5. The number of ketones is 1. The van der Waals surface area contributed by atoms with Crippen LogP contribution in [0.5, 0.6) is 0 Å². The van der Waals surface area contributed by atoms with E-state index in [9.17, 15) is 4.79 Å². The molecule has 0 radical (unpaired) electrons. The normalized spacial score (nSPS) is 13.1. The minimum atomic E-state index is -0.119. The second-order valence-electron chi connectivity index (χ2n) is 4.39. The fourth-order valence-electron chi connectivity index (χ4n) is 1.76. The Kier molecular flexibility index (Phi) is 4.68. The van der Waals surface area contributed by atoms with E-state index in [1.165, 1.54) is 0 Å². The number of nitrogens with zero attached hydrogens (tertiary/aromatic N) is 2. The van der Waals surface area contributed by atoms with Gasteiger partial charge in [-0.25, -0.2) is 0 Å². The van der Waals surface area contributed by atoms with Crippen LogP contribution in [0.1, 0.15) is 30.8 Å². The van der Waals surface area contributed by atoms with Crippen LogP contribution in [0, 0.1) is 11.8 Å². The van der Waals surface area contributed by atoms with Crippen molar-refractivity contribution in [2.75, 3.05) is 6.54 Å². The Bertz CT molecular complexity index is 354. The second-order valence-corrected chi connectivity index (χ2v) is 5.25. The first kappa shape index (κ1) is 13.4. The van der Waals surface area contributed by atoms with Crippen molar-refractivity contribution in [1.29, 1.82) is 0 Å². The van der Waals surface area contributed by atoms with Gasteiger partial charge in [-0.05, 0) is 28.3 Å². The van der Waals surface area contributed by atoms with Gasteiger partial charge in [0.15, 0.2) is 5.78 Å². The number of aryl methyl sites for hydroxylation is 1. The Balaban J connectivity index is 2.91. The fourth-order valence-corrected chi connectivity index (χ4v) is 2.30. The maximum Gasteiger partial charge on any atom is 0.186 e. The zero-order valence-corrected chi connectivity index (χ0v) is 11.5. The Morgan fingerprint density at radius 1 is 1.62 bits per heavy atom. The van der Waals surface area contributed by atoms with Crippen LogP contribution in [0.2, 0.25) is 0 Å². The number of hydrogen-bond donors (Lipinski definition) is 1. The molecule has 0 fully saturated rings. The monoisotopic (exact) mass is 287 g/mol. The fraction of sp³-hybridized carbons (Fsp3) is 0.636. The molecule has 2 N–H and O–H groups in total. The molecule has 1 unspecified atom stereocenters. The molecule has 0 saturated heterocycles. The number of aromatic nitrogens is 2. The molecule has 5 heteroatoms. The average Bonchev–Trinajstić information content (AvgIpc) is 2.54. The lowest BCUT2D eigenvalue weighted by atomic mass is 9.92. The van der Waals surface area contributed by atoms with Gasteiger partial charge in [-0.2, -0.15) is 5.10 Å². The van der Waals surface area contributed by atoms with E-state index in [1.54, 1.807) is 17.9 Å². The van der Waals surface area contributed by atoms with Gasteiger partial charge < -0.3 is 5.73 Å². The van der Waals surface area contributed by atoms with Crippen molar-refractivity contribution >= 4 is 21.7 Å². The summed E-state index contributed by atoms with van der Waals surface area (Å²) in [4.78, 5) is 12.2. The summed E-state index contributed by atoms with van der Waals surface area (Å²) < 4.78 is 2.33. The SMILES string of the molecule is CC(C)CC(CN)C(=O)c1c(Br)cnn1C. The Labute approximate surface area is 104 Å². The van der Waals surface area contributed by atoms with E-state index in [0.717, 1.165) is 10.9 Å². The van der Waals surface area contributed by atoms with Crippen molar-refractivity contribution in [2.45, 2.75) is 20.3 Å². The van der Waals surface area contributed by atoms with Crippen LogP contribution >= 0.6 is 15.9 Å². The second kappa shape index (κ2) is 5.59. The van der Waals surface area contributed by atoms with Gasteiger partial charge >= 0.3 is 0 Å². The van der Waals surface area contributed by atoms with Crippen molar-refractivity contribution in [3.8, 4) is 0 Å². The van der Waals surface area contributed by atoms with E-state index >= 15 is 0 Å². The van der Waals surface area contributed by atoms with Crippen LogP contribution in [0.25, 0.3) is 0 Å². The summed E-state index contributed by atoms with van der Waals surface area (Å²) in [5.74, 6) is 0.416. The zero-order chi connectivity index (χ0) is 12.3. The number of carbonyl (C=O) groups excluding carboxylic acids is 1. The number of halogens is 1. The molecule has 0 spiro atoms. The van der Waals surface area contributed by atoms with Gasteiger partial charge in [0.2, 0.25) is 0 Å². The molecule has 0 amide bonds. The first-order valence-electron chi connectivity index (χ1n) is 5.39. The number of hydrogen-bond acceptors (Lipinski definition) is 3. The predicted octanol–water partition coefficient (Wildman–Crippen LogP) is 1.99. The van der Waals surface area contributed by atoms with Gasteiger partial charge in [-0.1, -0.05) is 13.8 Å². The number of nitrogens with two attached hydrogens (primary N) is 1. The smallest absolute Gasteiger partial charge is 0.186 e. The molecular weight excluding hydrogens is 270 g/mol. The topological polar surface area (TPSA) is 60.9 Å². The van der Waals surface area contributed by atoms with Crippen molar-refractivity contribution in [2.24, 2.45) is 24.6 Å². The lowest BCUT2D eigenvalue weighted by molar-refractivity contribution is 0.0898. The molecule has 1 rings (SSSR count). The zero-order valence-electron chi connectivity index (χ0n) is 9.90. The van der Waals surface area contributed by atoms with Gasteiger partial charge in [-0.15, -0.1) is 0 Å². The maximum atomic E-state index is 12.2. The molecule has 0 saturated carbocycles. The van der Waals surface area contributed by atoms with Crippen molar-refractivity contribution < 1.29 is 4.79 Å². The van der Waals surface area contributed by atoms with Gasteiger partial charge in [0.05, 0.1) is 10.7 Å². The third kappa shape index (κ3) is 2.92. The highest BCUT2D eigenvalue weighted by Crippen LogP contribution is 2.22. The van der Waals surface area contributed by atoms with E-state index in [4.69, 9.17) is 5.73 Å². The quantitative estimate of drug-likeness (QED) is 0.843.